The van der Waals surface area contributed by atoms with Gasteiger partial charge in [0.2, 0.25) is 5.88 Å². The molecule has 0 fully saturated rings. The summed E-state index contributed by atoms with van der Waals surface area (Å²) in [5.74, 6) is -3.19. The predicted molar refractivity (Wildman–Crippen MR) is 94.9 cm³/mol. The Morgan fingerprint density at radius 3 is 2.59 bits per heavy atom. The van der Waals surface area contributed by atoms with Crippen LogP contribution in [0.15, 0.2) is 30.5 Å². The van der Waals surface area contributed by atoms with Gasteiger partial charge in [-0.3, -0.25) is 14.6 Å². The fraction of sp³-hybridized carbons (Fsp3) is 0.368. The Kier molecular flexibility index (Phi) is 6.55. The molecule has 0 saturated carbocycles. The third-order valence-electron chi connectivity index (χ3n) is 3.42. The van der Waals surface area contributed by atoms with E-state index >= 15 is 0 Å². The van der Waals surface area contributed by atoms with Gasteiger partial charge in [-0.2, -0.15) is 0 Å². The number of aromatic nitrogens is 2. The zero-order chi connectivity index (χ0) is 20.0. The van der Waals surface area contributed by atoms with Crippen LogP contribution in [0.3, 0.4) is 0 Å². The highest BCUT2D eigenvalue weighted by Gasteiger charge is 2.22. The zero-order valence-corrected chi connectivity index (χ0v) is 15.4. The first-order chi connectivity index (χ1) is 12.6. The number of nitrogens with zero attached hydrogens (tertiary/aromatic N) is 2. The molecule has 0 atom stereocenters. The minimum atomic E-state index is -2.93. The number of amides is 1. The maximum atomic E-state index is 12.8. The first-order valence-electron chi connectivity index (χ1n) is 8.33. The van der Waals surface area contributed by atoms with Crippen molar-refractivity contribution in [3.05, 3.63) is 53.0 Å². The molecule has 1 amide bonds. The molecule has 0 bridgehead atoms. The van der Waals surface area contributed by atoms with Crippen molar-refractivity contribution in [3.63, 3.8) is 0 Å². The number of hydrogen-bond donors (Lipinski definition) is 1. The number of ether oxygens (including phenoxy) is 1. The third-order valence-corrected chi connectivity index (χ3v) is 3.42. The van der Waals surface area contributed by atoms with E-state index in [1.165, 1.54) is 19.2 Å². The molecule has 2 heterocycles. The van der Waals surface area contributed by atoms with E-state index in [1.807, 2.05) is 0 Å². The number of hydrogen-bond acceptors (Lipinski definition) is 5. The van der Waals surface area contributed by atoms with Crippen LogP contribution in [0.5, 0.6) is 5.88 Å². The molecule has 0 aliphatic carbocycles. The summed E-state index contributed by atoms with van der Waals surface area (Å²) in [6, 6.07) is 6.33. The summed E-state index contributed by atoms with van der Waals surface area (Å²) >= 11 is 0. The van der Waals surface area contributed by atoms with E-state index in [1.54, 1.807) is 25.1 Å². The molecule has 2 aromatic heterocycles. The molecule has 0 saturated heterocycles. The summed E-state index contributed by atoms with van der Waals surface area (Å²) in [5, 5.41) is 2.75. The van der Waals surface area contributed by atoms with Gasteiger partial charge < -0.3 is 10.1 Å². The minimum absolute atomic E-state index is 0.0336. The molecule has 1 N–H and O–H groups in total. The second kappa shape index (κ2) is 8.66. The molecule has 8 heteroatoms. The van der Waals surface area contributed by atoms with Crippen molar-refractivity contribution in [1.82, 2.24) is 15.3 Å². The molecular weight excluding hydrogens is 356 g/mol. The number of halogens is 2. The standard InChI is InChI=1S/C19H21F2N3O3/c1-12-6-15(8-16(24-12)7-13(2)25)18(26)23-10-14-4-5-17(22-9-14)27-11-19(3,20)21/h4-6,8-9H,7,10-11H2,1-3H3,(H,23,26). The number of carbonyl (C=O) groups is 2. The highest BCUT2D eigenvalue weighted by Crippen LogP contribution is 2.15. The summed E-state index contributed by atoms with van der Waals surface area (Å²) in [6.07, 6.45) is 1.62. The number of pyridine rings is 2. The number of Topliss-reactive ketones (excluding diaryl/α,β-unsaturated/α-hetero) is 1. The van der Waals surface area contributed by atoms with Gasteiger partial charge in [-0.25, -0.2) is 13.8 Å². The van der Waals surface area contributed by atoms with Gasteiger partial charge in [0.05, 0.1) is 0 Å². The van der Waals surface area contributed by atoms with Gasteiger partial charge in [0.1, 0.15) is 5.78 Å². The van der Waals surface area contributed by atoms with Crippen molar-refractivity contribution in [2.24, 2.45) is 0 Å². The molecule has 6 nitrogen and oxygen atoms in total. The number of carbonyl (C=O) groups excluding carboxylic acids is 2. The maximum Gasteiger partial charge on any atom is 0.278 e. The first-order valence-corrected chi connectivity index (χ1v) is 8.33. The Labute approximate surface area is 156 Å². The number of nitrogens with one attached hydrogen (secondary N) is 1. The average Bonchev–Trinajstić information content (AvgIpc) is 2.57. The van der Waals surface area contributed by atoms with E-state index in [0.717, 1.165) is 6.92 Å². The van der Waals surface area contributed by atoms with Crippen molar-refractivity contribution in [1.29, 1.82) is 0 Å². The van der Waals surface area contributed by atoms with Crippen LogP contribution in [0.1, 0.15) is 41.2 Å². The summed E-state index contributed by atoms with van der Waals surface area (Å²) in [6.45, 7) is 3.44. The molecule has 2 rings (SSSR count). The second-order valence-corrected chi connectivity index (χ2v) is 6.41. The van der Waals surface area contributed by atoms with Crippen LogP contribution in [0.4, 0.5) is 8.78 Å². The van der Waals surface area contributed by atoms with E-state index in [-0.39, 0.29) is 30.5 Å². The fourth-order valence-electron chi connectivity index (χ4n) is 2.30. The van der Waals surface area contributed by atoms with Gasteiger partial charge in [0.15, 0.2) is 6.61 Å². The summed E-state index contributed by atoms with van der Waals surface area (Å²) < 4.78 is 30.4. The lowest BCUT2D eigenvalue weighted by Gasteiger charge is -2.11. The molecule has 0 aliphatic rings. The molecule has 0 spiro atoms. The highest BCUT2D eigenvalue weighted by molar-refractivity contribution is 5.94. The predicted octanol–water partition coefficient (Wildman–Crippen LogP) is 2.88. The van der Waals surface area contributed by atoms with Gasteiger partial charge in [-0.1, -0.05) is 6.07 Å². The van der Waals surface area contributed by atoms with Crippen LogP contribution in [0.2, 0.25) is 0 Å². The Morgan fingerprint density at radius 1 is 1.26 bits per heavy atom. The lowest BCUT2D eigenvalue weighted by atomic mass is 10.1. The maximum absolute atomic E-state index is 12.8. The van der Waals surface area contributed by atoms with E-state index < -0.39 is 12.5 Å². The molecule has 27 heavy (non-hydrogen) atoms. The minimum Gasteiger partial charge on any atom is -0.471 e. The van der Waals surface area contributed by atoms with Crippen LogP contribution in [-0.2, 0) is 17.8 Å². The number of aryl methyl sites for hydroxylation is 1. The Bertz CT molecular complexity index is 818. The Hall–Kier alpha value is -2.90. The molecule has 144 valence electrons. The van der Waals surface area contributed by atoms with E-state index in [2.05, 4.69) is 15.3 Å². The number of alkyl halides is 2. The van der Waals surface area contributed by atoms with Gasteiger partial charge in [-0.15, -0.1) is 0 Å². The van der Waals surface area contributed by atoms with Gasteiger partial charge in [0.25, 0.3) is 11.8 Å². The molecule has 0 unspecified atom stereocenters. The summed E-state index contributed by atoms with van der Waals surface area (Å²) in [4.78, 5) is 31.8. The number of ketones is 1. The second-order valence-electron chi connectivity index (χ2n) is 6.41. The highest BCUT2D eigenvalue weighted by atomic mass is 19.3. The van der Waals surface area contributed by atoms with Crippen molar-refractivity contribution in [2.75, 3.05) is 6.61 Å². The van der Waals surface area contributed by atoms with Gasteiger partial charge in [-0.05, 0) is 31.5 Å². The molecular formula is C19H21F2N3O3. The smallest absolute Gasteiger partial charge is 0.278 e. The normalized spacial score (nSPS) is 11.1. The number of rotatable bonds is 8. The zero-order valence-electron chi connectivity index (χ0n) is 15.4. The van der Waals surface area contributed by atoms with Gasteiger partial charge >= 0.3 is 0 Å². The SMILES string of the molecule is CC(=O)Cc1cc(C(=O)NCc2ccc(OCC(C)(F)F)nc2)cc(C)n1. The topological polar surface area (TPSA) is 81.2 Å². The van der Waals surface area contributed by atoms with Crippen LogP contribution >= 0.6 is 0 Å². The fourth-order valence-corrected chi connectivity index (χ4v) is 2.30. The quantitative estimate of drug-likeness (QED) is 0.765. The average molecular weight is 377 g/mol. The van der Waals surface area contributed by atoms with E-state index in [9.17, 15) is 18.4 Å². The lowest BCUT2D eigenvalue weighted by molar-refractivity contribution is -0.116. The van der Waals surface area contributed by atoms with Crippen molar-refractivity contribution in [3.8, 4) is 5.88 Å². The van der Waals surface area contributed by atoms with E-state index in [0.29, 0.717) is 22.5 Å². The van der Waals surface area contributed by atoms with E-state index in [4.69, 9.17) is 4.74 Å². The van der Waals surface area contributed by atoms with Crippen LogP contribution < -0.4 is 10.1 Å². The molecule has 2 aromatic rings. The molecule has 0 aromatic carbocycles. The molecule has 0 aliphatic heterocycles. The van der Waals surface area contributed by atoms with Crippen molar-refractivity contribution >= 4 is 11.7 Å². The summed E-state index contributed by atoms with van der Waals surface area (Å²) in [7, 11) is 0. The van der Waals surface area contributed by atoms with Crippen molar-refractivity contribution < 1.29 is 23.1 Å². The third kappa shape index (κ3) is 7.08. The van der Waals surface area contributed by atoms with Crippen LogP contribution in [0, 0.1) is 6.92 Å². The molecule has 0 radical (unpaired) electrons. The monoisotopic (exact) mass is 377 g/mol. The first kappa shape index (κ1) is 20.4. The Morgan fingerprint density at radius 2 is 2.00 bits per heavy atom. The van der Waals surface area contributed by atoms with Gasteiger partial charge in [0, 0.05) is 49.1 Å². The summed E-state index contributed by atoms with van der Waals surface area (Å²) in [5.41, 5.74) is 2.30. The Balaban J connectivity index is 1.95. The van der Waals surface area contributed by atoms with Crippen LogP contribution in [0.25, 0.3) is 0 Å². The van der Waals surface area contributed by atoms with Crippen LogP contribution in [-0.4, -0.2) is 34.2 Å². The largest absolute Gasteiger partial charge is 0.471 e. The lowest BCUT2D eigenvalue weighted by Crippen LogP contribution is -2.23. The van der Waals surface area contributed by atoms with Crippen molar-refractivity contribution in [2.45, 2.75) is 39.7 Å².